The van der Waals surface area contributed by atoms with Crippen LogP contribution in [0, 0.1) is 6.04 Å². The topological polar surface area (TPSA) is 68.8 Å². The summed E-state index contributed by atoms with van der Waals surface area (Å²) in [6.45, 7) is 2.75. The summed E-state index contributed by atoms with van der Waals surface area (Å²) in [6.07, 6.45) is 0.800. The zero-order valence-corrected chi connectivity index (χ0v) is 15.5. The van der Waals surface area contributed by atoms with Crippen LogP contribution in [0.1, 0.15) is 17.5 Å². The molecule has 0 aromatic heterocycles. The minimum atomic E-state index is -0.00954. The maximum atomic E-state index is 11.4. The fourth-order valence-electron chi connectivity index (χ4n) is 2.84. The van der Waals surface area contributed by atoms with Gasteiger partial charge in [-0.15, -0.1) is 0 Å². The second kappa shape index (κ2) is 9.94. The Bertz CT molecular complexity index is 733. The lowest BCUT2D eigenvalue weighted by molar-refractivity contribution is -0.120. The third kappa shape index (κ3) is 5.70. The summed E-state index contributed by atoms with van der Waals surface area (Å²) in [5.41, 5.74) is 2.03. The van der Waals surface area contributed by atoms with Gasteiger partial charge in [0.25, 0.3) is 0 Å². The summed E-state index contributed by atoms with van der Waals surface area (Å²) in [5.74, 6) is 1.64. The predicted octanol–water partition coefficient (Wildman–Crippen LogP) is 2.28. The van der Waals surface area contributed by atoms with Gasteiger partial charge in [-0.3, -0.25) is 4.79 Å². The van der Waals surface area contributed by atoms with E-state index in [4.69, 9.17) is 14.2 Å². The van der Waals surface area contributed by atoms with Crippen molar-refractivity contribution >= 4 is 5.91 Å². The van der Waals surface area contributed by atoms with E-state index in [0.29, 0.717) is 32.9 Å². The maximum absolute atomic E-state index is 11.4. The number of rotatable bonds is 9. The van der Waals surface area contributed by atoms with Gasteiger partial charge in [0.1, 0.15) is 17.5 Å². The van der Waals surface area contributed by atoms with E-state index in [1.807, 2.05) is 48.5 Å². The standard InChI is InChI=1S/C21H25N2O4/c1-25-20-6-3-2-5-17(20)15-26-11-4-12-27-18-9-7-16(8-10-18)19-13-22-14-21(24)23-19/h2-3,5-10,22H,4,11-15H2,1H3,(H,23,24). The number of piperazine rings is 1. The Labute approximate surface area is 159 Å². The first kappa shape index (κ1) is 19.2. The Hall–Kier alpha value is -2.57. The first-order chi connectivity index (χ1) is 13.3. The molecular formula is C21H25N2O4. The zero-order chi connectivity index (χ0) is 18.9. The second-order valence-electron chi connectivity index (χ2n) is 6.22. The van der Waals surface area contributed by atoms with Crippen molar-refractivity contribution in [2.75, 3.05) is 33.4 Å². The Balaban J connectivity index is 1.35. The van der Waals surface area contributed by atoms with E-state index in [1.165, 1.54) is 0 Å². The first-order valence-electron chi connectivity index (χ1n) is 9.05. The molecule has 2 N–H and O–H groups in total. The lowest BCUT2D eigenvalue weighted by atomic mass is 10.1. The van der Waals surface area contributed by atoms with Crippen LogP contribution in [0.3, 0.4) is 0 Å². The van der Waals surface area contributed by atoms with Crippen LogP contribution in [0.4, 0.5) is 0 Å². The van der Waals surface area contributed by atoms with Gasteiger partial charge in [0.05, 0.1) is 33.5 Å². The summed E-state index contributed by atoms with van der Waals surface area (Å²) in [7, 11) is 1.66. The number of amides is 1. The van der Waals surface area contributed by atoms with Crippen molar-refractivity contribution in [3.8, 4) is 11.5 Å². The average Bonchev–Trinajstić information content (AvgIpc) is 2.71. The molecule has 0 aliphatic carbocycles. The summed E-state index contributed by atoms with van der Waals surface area (Å²) in [4.78, 5) is 11.4. The van der Waals surface area contributed by atoms with Gasteiger partial charge in [-0.2, -0.15) is 0 Å². The molecule has 1 amide bonds. The molecule has 1 radical (unpaired) electrons. The molecule has 3 rings (SSSR count). The van der Waals surface area contributed by atoms with Crippen molar-refractivity contribution in [3.05, 3.63) is 65.7 Å². The molecule has 1 saturated heterocycles. The van der Waals surface area contributed by atoms with Gasteiger partial charge in [0, 0.05) is 18.5 Å². The van der Waals surface area contributed by atoms with Crippen molar-refractivity contribution in [1.82, 2.24) is 10.6 Å². The Morgan fingerprint density at radius 1 is 1.00 bits per heavy atom. The van der Waals surface area contributed by atoms with Gasteiger partial charge in [-0.1, -0.05) is 30.3 Å². The molecule has 0 unspecified atom stereocenters. The number of benzene rings is 2. The van der Waals surface area contributed by atoms with Crippen molar-refractivity contribution in [1.29, 1.82) is 0 Å². The lowest BCUT2D eigenvalue weighted by Crippen LogP contribution is -2.47. The number of ether oxygens (including phenoxy) is 3. The quantitative estimate of drug-likeness (QED) is 0.664. The van der Waals surface area contributed by atoms with E-state index in [1.54, 1.807) is 7.11 Å². The summed E-state index contributed by atoms with van der Waals surface area (Å²) >= 11 is 0. The normalized spacial score (nSPS) is 14.6. The molecule has 143 valence electrons. The molecule has 2 aromatic rings. The molecule has 0 saturated carbocycles. The Morgan fingerprint density at radius 3 is 2.59 bits per heavy atom. The van der Waals surface area contributed by atoms with Crippen LogP contribution in [-0.2, 0) is 16.1 Å². The van der Waals surface area contributed by atoms with Crippen LogP contribution in [0.25, 0.3) is 0 Å². The van der Waals surface area contributed by atoms with Crippen molar-refractivity contribution in [2.24, 2.45) is 0 Å². The lowest BCUT2D eigenvalue weighted by Gasteiger charge is -2.23. The van der Waals surface area contributed by atoms with Crippen molar-refractivity contribution in [3.63, 3.8) is 0 Å². The molecule has 2 aromatic carbocycles. The summed E-state index contributed by atoms with van der Waals surface area (Å²) in [6, 6.07) is 16.5. The highest BCUT2D eigenvalue weighted by atomic mass is 16.5. The molecule has 0 atom stereocenters. The van der Waals surface area contributed by atoms with Crippen LogP contribution in [0.15, 0.2) is 48.5 Å². The van der Waals surface area contributed by atoms with Crippen LogP contribution in [0.5, 0.6) is 11.5 Å². The van der Waals surface area contributed by atoms with Crippen molar-refractivity contribution < 1.29 is 19.0 Å². The molecular weight excluding hydrogens is 344 g/mol. The van der Waals surface area contributed by atoms with Gasteiger partial charge < -0.3 is 24.8 Å². The molecule has 1 fully saturated rings. The summed E-state index contributed by atoms with van der Waals surface area (Å²) < 4.78 is 16.8. The smallest absolute Gasteiger partial charge is 0.234 e. The number of methoxy groups -OCH3 is 1. The molecule has 1 heterocycles. The molecule has 0 spiro atoms. The number of carbonyl (C=O) groups is 1. The SMILES string of the molecule is COc1ccccc1COCCCOc1ccc([C]2CNCC(=O)N2)cc1. The van der Waals surface area contributed by atoms with E-state index >= 15 is 0 Å². The third-order valence-electron chi connectivity index (χ3n) is 4.23. The molecule has 0 bridgehead atoms. The largest absolute Gasteiger partial charge is 0.496 e. The van der Waals surface area contributed by atoms with Gasteiger partial charge in [0.2, 0.25) is 5.91 Å². The van der Waals surface area contributed by atoms with Gasteiger partial charge >= 0.3 is 0 Å². The zero-order valence-electron chi connectivity index (χ0n) is 15.5. The van der Waals surface area contributed by atoms with Gasteiger partial charge in [0.15, 0.2) is 0 Å². The number of nitrogens with one attached hydrogen (secondary N) is 2. The second-order valence-corrected chi connectivity index (χ2v) is 6.22. The van der Waals surface area contributed by atoms with Crippen LogP contribution < -0.4 is 20.1 Å². The third-order valence-corrected chi connectivity index (χ3v) is 4.23. The highest BCUT2D eigenvalue weighted by Gasteiger charge is 2.20. The van der Waals surface area contributed by atoms with E-state index in [9.17, 15) is 4.79 Å². The molecule has 27 heavy (non-hydrogen) atoms. The van der Waals surface area contributed by atoms with Crippen LogP contribution in [0.2, 0.25) is 0 Å². The molecule has 6 heteroatoms. The van der Waals surface area contributed by atoms with Gasteiger partial charge in [-0.05, 0) is 23.8 Å². The number of hydrogen-bond donors (Lipinski definition) is 2. The summed E-state index contributed by atoms with van der Waals surface area (Å²) in [5, 5.41) is 5.96. The van der Waals surface area contributed by atoms with Gasteiger partial charge in [-0.25, -0.2) is 0 Å². The fraction of sp³-hybridized carbons (Fsp3) is 0.333. The van der Waals surface area contributed by atoms with Crippen LogP contribution in [-0.4, -0.2) is 39.3 Å². The monoisotopic (exact) mass is 369 g/mol. The van der Waals surface area contributed by atoms with E-state index in [2.05, 4.69) is 10.6 Å². The number of para-hydroxylation sites is 1. The average molecular weight is 369 g/mol. The molecule has 1 aliphatic rings. The van der Waals surface area contributed by atoms with E-state index < -0.39 is 0 Å². The van der Waals surface area contributed by atoms with Crippen LogP contribution >= 0.6 is 0 Å². The highest BCUT2D eigenvalue weighted by molar-refractivity contribution is 5.81. The predicted molar refractivity (Wildman–Crippen MR) is 103 cm³/mol. The van der Waals surface area contributed by atoms with Crippen molar-refractivity contribution in [2.45, 2.75) is 13.0 Å². The minimum absolute atomic E-state index is 0.00954. The Morgan fingerprint density at radius 2 is 1.81 bits per heavy atom. The van der Waals surface area contributed by atoms with E-state index in [-0.39, 0.29) is 5.91 Å². The number of hydrogen-bond acceptors (Lipinski definition) is 5. The maximum Gasteiger partial charge on any atom is 0.234 e. The molecule has 1 aliphatic heterocycles. The Kier molecular flexibility index (Phi) is 7.07. The minimum Gasteiger partial charge on any atom is -0.496 e. The number of carbonyl (C=O) groups excluding carboxylic acids is 1. The van der Waals surface area contributed by atoms with E-state index in [0.717, 1.165) is 35.1 Å². The fourth-order valence-corrected chi connectivity index (χ4v) is 2.84. The first-order valence-corrected chi connectivity index (χ1v) is 9.05. The highest BCUT2D eigenvalue weighted by Crippen LogP contribution is 2.19. The molecule has 6 nitrogen and oxygen atoms in total.